The maximum absolute atomic E-state index is 15.0. The summed E-state index contributed by atoms with van der Waals surface area (Å²) in [5.74, 6) is -1.22. The maximum atomic E-state index is 15.0. The molecule has 2 amide bonds. The second-order valence-electron chi connectivity index (χ2n) is 13.4. The first-order valence-corrected chi connectivity index (χ1v) is 17.1. The van der Waals surface area contributed by atoms with Crippen LogP contribution in [0.4, 0.5) is 29.1 Å². The molecule has 2 aromatic heterocycles. The number of hydrogen-bond donors (Lipinski definition) is 2. The molecule has 262 valence electrons. The van der Waals surface area contributed by atoms with Crippen molar-refractivity contribution in [3.63, 3.8) is 0 Å². The Morgan fingerprint density at radius 1 is 0.960 bits per heavy atom. The van der Waals surface area contributed by atoms with Crippen LogP contribution in [0.3, 0.4) is 0 Å². The number of halogens is 4. The van der Waals surface area contributed by atoms with Gasteiger partial charge in [-0.1, -0.05) is 18.6 Å². The van der Waals surface area contributed by atoms with Crippen LogP contribution in [0, 0.1) is 5.82 Å². The number of alkyl halides is 3. The number of nitrogens with zero attached hydrogens (tertiary/aromatic N) is 5. The molecule has 5 heterocycles. The lowest BCUT2D eigenvalue weighted by Gasteiger charge is -2.32. The Labute approximate surface area is 287 Å². The highest BCUT2D eigenvalue weighted by atomic mass is 19.4. The van der Waals surface area contributed by atoms with Gasteiger partial charge in [0.2, 0.25) is 5.91 Å². The van der Waals surface area contributed by atoms with Crippen LogP contribution in [0.2, 0.25) is 0 Å². The highest BCUT2D eigenvalue weighted by molar-refractivity contribution is 6.06. The summed E-state index contributed by atoms with van der Waals surface area (Å²) in [6, 6.07) is 10.8. The standard InChI is InChI=1S/C37H39F4N7O2/c1-23-34(36(50)44-28-7-5-27-22-42-13-9-25(27)19-28)35(26-6-8-29(30(38)20-26)37(39,40)41)48-32(43-23)21-31(45-48)24-10-17-47(18-11-24)33(49)12-16-46-14-3-2-4-15-46/h5-9,13,19-22,24,35,43H,2-4,10-12,14-18H2,1H3,(H,44,50). The van der Waals surface area contributed by atoms with Crippen molar-refractivity contribution in [2.24, 2.45) is 0 Å². The highest BCUT2D eigenvalue weighted by Gasteiger charge is 2.38. The smallest absolute Gasteiger partial charge is 0.344 e. The Hall–Kier alpha value is -4.78. The van der Waals surface area contributed by atoms with E-state index in [0.717, 1.165) is 42.2 Å². The average Bonchev–Trinajstić information content (AvgIpc) is 3.53. The number of aromatic nitrogens is 3. The van der Waals surface area contributed by atoms with Crippen molar-refractivity contribution in [1.29, 1.82) is 0 Å². The topological polar surface area (TPSA) is 95.4 Å². The van der Waals surface area contributed by atoms with Crippen LogP contribution in [-0.4, -0.2) is 69.1 Å². The number of benzene rings is 2. The number of anilines is 2. The molecule has 50 heavy (non-hydrogen) atoms. The van der Waals surface area contributed by atoms with Gasteiger partial charge in [0.25, 0.3) is 5.91 Å². The van der Waals surface area contributed by atoms with Crippen LogP contribution < -0.4 is 10.6 Å². The zero-order valence-electron chi connectivity index (χ0n) is 27.8. The molecule has 13 heteroatoms. The van der Waals surface area contributed by atoms with Crippen molar-refractivity contribution in [1.82, 2.24) is 24.6 Å². The number of fused-ring (bicyclic) bond motifs is 2. The molecule has 0 aliphatic carbocycles. The van der Waals surface area contributed by atoms with E-state index in [1.807, 2.05) is 23.1 Å². The van der Waals surface area contributed by atoms with Gasteiger partial charge in [0.15, 0.2) is 0 Å². The van der Waals surface area contributed by atoms with Gasteiger partial charge in [0.05, 0.1) is 16.8 Å². The molecule has 0 saturated carbocycles. The number of allylic oxidation sites excluding steroid dienone is 1. The third-order valence-corrected chi connectivity index (χ3v) is 10.1. The number of piperidine rings is 2. The second-order valence-corrected chi connectivity index (χ2v) is 13.4. The monoisotopic (exact) mass is 689 g/mol. The summed E-state index contributed by atoms with van der Waals surface area (Å²) in [6.07, 6.45) is 4.00. The molecule has 3 aliphatic heterocycles. The van der Waals surface area contributed by atoms with E-state index in [1.165, 1.54) is 25.3 Å². The summed E-state index contributed by atoms with van der Waals surface area (Å²) in [4.78, 5) is 35.4. The Morgan fingerprint density at radius 2 is 1.74 bits per heavy atom. The van der Waals surface area contributed by atoms with Crippen LogP contribution in [0.15, 0.2) is 72.2 Å². The van der Waals surface area contributed by atoms with Crippen molar-refractivity contribution in [2.75, 3.05) is 43.4 Å². The molecular weight excluding hydrogens is 650 g/mol. The number of hydrogen-bond acceptors (Lipinski definition) is 6. The summed E-state index contributed by atoms with van der Waals surface area (Å²) in [5, 5.41) is 12.8. The summed E-state index contributed by atoms with van der Waals surface area (Å²) in [6.45, 7) is 5.78. The molecule has 7 rings (SSSR count). The van der Waals surface area contributed by atoms with Gasteiger partial charge in [-0.05, 0) is 87.0 Å². The summed E-state index contributed by atoms with van der Waals surface area (Å²) < 4.78 is 57.2. The minimum absolute atomic E-state index is 0.0238. The molecule has 1 atom stereocenters. The Morgan fingerprint density at radius 3 is 2.48 bits per heavy atom. The Bertz CT molecular complexity index is 1940. The van der Waals surface area contributed by atoms with E-state index in [2.05, 4.69) is 20.5 Å². The Kier molecular flexibility index (Phi) is 9.34. The third kappa shape index (κ3) is 6.96. The molecule has 9 nitrogen and oxygen atoms in total. The fourth-order valence-electron chi connectivity index (χ4n) is 7.40. The number of carbonyl (C=O) groups is 2. The van der Waals surface area contributed by atoms with Gasteiger partial charge in [-0.2, -0.15) is 18.3 Å². The molecule has 1 unspecified atom stereocenters. The van der Waals surface area contributed by atoms with E-state index in [1.54, 1.807) is 36.1 Å². The molecule has 2 fully saturated rings. The van der Waals surface area contributed by atoms with E-state index < -0.39 is 29.5 Å². The summed E-state index contributed by atoms with van der Waals surface area (Å²) in [7, 11) is 0. The van der Waals surface area contributed by atoms with Crippen molar-refractivity contribution in [3.8, 4) is 0 Å². The molecule has 4 aromatic rings. The predicted molar refractivity (Wildman–Crippen MR) is 182 cm³/mol. The van der Waals surface area contributed by atoms with E-state index in [0.29, 0.717) is 55.6 Å². The van der Waals surface area contributed by atoms with Gasteiger partial charge in [0.1, 0.15) is 17.7 Å². The third-order valence-electron chi connectivity index (χ3n) is 10.1. The molecule has 0 spiro atoms. The minimum Gasteiger partial charge on any atom is -0.344 e. The molecule has 0 radical (unpaired) electrons. The number of likely N-dealkylation sites (tertiary alicyclic amines) is 2. The van der Waals surface area contributed by atoms with Gasteiger partial charge >= 0.3 is 6.18 Å². The summed E-state index contributed by atoms with van der Waals surface area (Å²) in [5.41, 5.74) is 0.668. The van der Waals surface area contributed by atoms with E-state index in [-0.39, 0.29) is 23.0 Å². The lowest BCUT2D eigenvalue weighted by Crippen LogP contribution is -2.40. The minimum atomic E-state index is -4.87. The van der Waals surface area contributed by atoms with E-state index in [4.69, 9.17) is 5.10 Å². The largest absolute Gasteiger partial charge is 0.419 e. The molecule has 2 N–H and O–H groups in total. The number of pyridine rings is 1. The van der Waals surface area contributed by atoms with Crippen molar-refractivity contribution >= 4 is 34.1 Å². The Balaban J connectivity index is 1.14. The zero-order chi connectivity index (χ0) is 35.0. The van der Waals surface area contributed by atoms with E-state index >= 15 is 4.39 Å². The van der Waals surface area contributed by atoms with Gasteiger partial charge in [0, 0.05) is 67.2 Å². The first-order valence-electron chi connectivity index (χ1n) is 17.1. The normalized spacial score (nSPS) is 19.0. The summed E-state index contributed by atoms with van der Waals surface area (Å²) >= 11 is 0. The molecule has 3 aliphatic rings. The number of amides is 2. The lowest BCUT2D eigenvalue weighted by molar-refractivity contribution is -0.140. The van der Waals surface area contributed by atoms with Crippen LogP contribution in [-0.2, 0) is 15.8 Å². The average molecular weight is 690 g/mol. The SMILES string of the molecule is CC1=C(C(=O)Nc2ccc3cnccc3c2)C(c2ccc(C(F)(F)F)c(F)c2)n2nc(C3CCN(C(=O)CCN4CCCCC4)CC3)cc2N1. The fraction of sp³-hybridized carbons (Fsp3) is 0.405. The fourth-order valence-corrected chi connectivity index (χ4v) is 7.40. The zero-order valence-corrected chi connectivity index (χ0v) is 27.8. The molecule has 0 bridgehead atoms. The van der Waals surface area contributed by atoms with Crippen LogP contribution in [0.25, 0.3) is 10.8 Å². The molecule has 2 aromatic carbocycles. The van der Waals surface area contributed by atoms with Crippen LogP contribution in [0.1, 0.15) is 74.2 Å². The number of nitrogens with one attached hydrogen (secondary N) is 2. The predicted octanol–water partition coefficient (Wildman–Crippen LogP) is 7.10. The van der Waals surface area contributed by atoms with Gasteiger partial charge in [-0.15, -0.1) is 0 Å². The van der Waals surface area contributed by atoms with Crippen molar-refractivity contribution in [2.45, 2.75) is 63.6 Å². The second kappa shape index (κ2) is 13.9. The van der Waals surface area contributed by atoms with Crippen LogP contribution >= 0.6 is 0 Å². The number of rotatable bonds is 7. The molecule has 2 saturated heterocycles. The quantitative estimate of drug-likeness (QED) is 0.201. The van der Waals surface area contributed by atoms with Gasteiger partial charge in [-0.25, -0.2) is 9.07 Å². The van der Waals surface area contributed by atoms with Gasteiger partial charge in [-0.3, -0.25) is 14.6 Å². The van der Waals surface area contributed by atoms with Crippen molar-refractivity contribution < 1.29 is 27.2 Å². The first-order chi connectivity index (χ1) is 24.0. The lowest BCUT2D eigenvalue weighted by atomic mass is 9.93. The first kappa shape index (κ1) is 33.7. The highest BCUT2D eigenvalue weighted by Crippen LogP contribution is 2.41. The number of carbonyl (C=O) groups excluding carboxylic acids is 2. The van der Waals surface area contributed by atoms with Crippen molar-refractivity contribution in [3.05, 3.63) is 94.8 Å². The molecular formula is C37H39F4N7O2. The van der Waals surface area contributed by atoms with Gasteiger partial charge < -0.3 is 20.4 Å². The van der Waals surface area contributed by atoms with E-state index in [9.17, 15) is 22.8 Å². The maximum Gasteiger partial charge on any atom is 0.419 e. The van der Waals surface area contributed by atoms with Crippen LogP contribution in [0.5, 0.6) is 0 Å².